The average Bonchev–Trinajstić information content (AvgIpc) is 2.59. The van der Waals surface area contributed by atoms with Crippen molar-refractivity contribution in [3.8, 4) is 0 Å². The molecule has 1 aromatic heterocycles. The van der Waals surface area contributed by atoms with Gasteiger partial charge in [0.25, 0.3) is 6.43 Å². The minimum absolute atomic E-state index is 0.00519. The van der Waals surface area contributed by atoms with Crippen LogP contribution in [0.25, 0.3) is 0 Å². The molecule has 0 saturated heterocycles. The third kappa shape index (κ3) is 2.42. The molecule has 0 aromatic carbocycles. The summed E-state index contributed by atoms with van der Waals surface area (Å²) in [6.45, 7) is 6.15. The van der Waals surface area contributed by atoms with E-state index in [0.717, 1.165) is 30.5 Å². The molecular weight excluding hydrogens is 210 g/mol. The SMILES string of the molecule is CC.CC1CCc2c(C(F)F)nn(C)c2C1. The van der Waals surface area contributed by atoms with Crippen molar-refractivity contribution in [1.29, 1.82) is 0 Å². The highest BCUT2D eigenvalue weighted by Gasteiger charge is 2.26. The summed E-state index contributed by atoms with van der Waals surface area (Å²) in [7, 11) is 1.75. The number of hydrogen-bond donors (Lipinski definition) is 0. The van der Waals surface area contributed by atoms with Crippen LogP contribution in [-0.4, -0.2) is 9.78 Å². The van der Waals surface area contributed by atoms with Gasteiger partial charge in [0.05, 0.1) is 0 Å². The highest BCUT2D eigenvalue weighted by molar-refractivity contribution is 5.29. The van der Waals surface area contributed by atoms with E-state index in [1.54, 1.807) is 11.7 Å². The van der Waals surface area contributed by atoms with Crippen LogP contribution < -0.4 is 0 Å². The highest BCUT2D eigenvalue weighted by Crippen LogP contribution is 2.31. The predicted octanol–water partition coefficient (Wildman–Crippen LogP) is 3.51. The Labute approximate surface area is 95.7 Å². The van der Waals surface area contributed by atoms with Gasteiger partial charge in [-0.15, -0.1) is 0 Å². The van der Waals surface area contributed by atoms with Gasteiger partial charge >= 0.3 is 0 Å². The largest absolute Gasteiger partial charge is 0.282 e. The van der Waals surface area contributed by atoms with Crippen LogP contribution in [0.1, 0.15) is 50.6 Å². The molecular formula is C12H20F2N2. The van der Waals surface area contributed by atoms with Crippen molar-refractivity contribution in [3.63, 3.8) is 0 Å². The lowest BCUT2D eigenvalue weighted by Gasteiger charge is -2.19. The zero-order chi connectivity index (χ0) is 12.3. The van der Waals surface area contributed by atoms with Crippen molar-refractivity contribution in [2.24, 2.45) is 13.0 Å². The van der Waals surface area contributed by atoms with E-state index in [-0.39, 0.29) is 5.69 Å². The third-order valence-electron chi connectivity index (χ3n) is 2.94. The first-order chi connectivity index (χ1) is 7.59. The molecule has 16 heavy (non-hydrogen) atoms. The van der Waals surface area contributed by atoms with Crippen LogP contribution in [0.4, 0.5) is 8.78 Å². The van der Waals surface area contributed by atoms with Gasteiger partial charge in [0.15, 0.2) is 0 Å². The second-order valence-electron chi connectivity index (χ2n) is 4.08. The summed E-state index contributed by atoms with van der Waals surface area (Å²) in [6, 6.07) is 0. The molecule has 1 aliphatic rings. The van der Waals surface area contributed by atoms with Crippen molar-refractivity contribution in [2.45, 2.75) is 46.5 Å². The lowest BCUT2D eigenvalue weighted by molar-refractivity contribution is 0.144. The van der Waals surface area contributed by atoms with Gasteiger partial charge in [-0.25, -0.2) is 8.78 Å². The molecule has 2 nitrogen and oxygen atoms in total. The number of aryl methyl sites for hydroxylation is 1. The van der Waals surface area contributed by atoms with Gasteiger partial charge in [0.2, 0.25) is 0 Å². The van der Waals surface area contributed by atoms with Gasteiger partial charge < -0.3 is 0 Å². The van der Waals surface area contributed by atoms with E-state index in [0.29, 0.717) is 5.92 Å². The van der Waals surface area contributed by atoms with Crippen LogP contribution in [0.2, 0.25) is 0 Å². The monoisotopic (exact) mass is 230 g/mol. The zero-order valence-electron chi connectivity index (χ0n) is 10.4. The molecule has 0 fully saturated rings. The molecule has 1 aromatic rings. The summed E-state index contributed by atoms with van der Waals surface area (Å²) >= 11 is 0. The second kappa shape index (κ2) is 5.41. The number of halogens is 2. The maximum absolute atomic E-state index is 12.6. The topological polar surface area (TPSA) is 17.8 Å². The first-order valence-electron chi connectivity index (χ1n) is 5.92. The lowest BCUT2D eigenvalue weighted by atomic mass is 9.88. The third-order valence-corrected chi connectivity index (χ3v) is 2.94. The van der Waals surface area contributed by atoms with Crippen molar-refractivity contribution in [1.82, 2.24) is 9.78 Å². The minimum atomic E-state index is -2.43. The molecule has 0 aliphatic heterocycles. The van der Waals surface area contributed by atoms with E-state index >= 15 is 0 Å². The van der Waals surface area contributed by atoms with Gasteiger partial charge in [0.1, 0.15) is 5.69 Å². The van der Waals surface area contributed by atoms with Crippen molar-refractivity contribution < 1.29 is 8.78 Å². The van der Waals surface area contributed by atoms with Crippen molar-refractivity contribution in [3.05, 3.63) is 17.0 Å². The van der Waals surface area contributed by atoms with Gasteiger partial charge in [-0.2, -0.15) is 5.10 Å². The fourth-order valence-corrected chi connectivity index (χ4v) is 2.15. The van der Waals surface area contributed by atoms with Crippen LogP contribution in [0, 0.1) is 5.92 Å². The smallest absolute Gasteiger partial charge is 0.272 e. The van der Waals surface area contributed by atoms with Crippen LogP contribution in [0.5, 0.6) is 0 Å². The summed E-state index contributed by atoms with van der Waals surface area (Å²) in [5.74, 6) is 0.587. The van der Waals surface area contributed by atoms with Crippen LogP contribution in [0.15, 0.2) is 0 Å². The van der Waals surface area contributed by atoms with Gasteiger partial charge in [-0.3, -0.25) is 4.68 Å². The fraction of sp³-hybridized carbons (Fsp3) is 0.750. The standard InChI is InChI=1S/C10H14F2N2.C2H6/c1-6-3-4-7-8(5-6)14(2)13-9(7)10(11)12;1-2/h6,10H,3-5H2,1-2H3;1-2H3. The molecule has 4 heteroatoms. The Morgan fingerprint density at radius 2 is 2.00 bits per heavy atom. The second-order valence-corrected chi connectivity index (χ2v) is 4.08. The molecule has 92 valence electrons. The van der Waals surface area contributed by atoms with Gasteiger partial charge in [-0.05, 0) is 25.2 Å². The molecule has 2 rings (SSSR count). The maximum atomic E-state index is 12.6. The van der Waals surface area contributed by atoms with E-state index in [2.05, 4.69) is 12.0 Å². The van der Waals surface area contributed by atoms with E-state index < -0.39 is 6.43 Å². The molecule has 0 N–H and O–H groups in total. The molecule has 1 heterocycles. The van der Waals surface area contributed by atoms with E-state index in [4.69, 9.17) is 0 Å². The fourth-order valence-electron chi connectivity index (χ4n) is 2.15. The summed E-state index contributed by atoms with van der Waals surface area (Å²) in [5.41, 5.74) is 1.79. The molecule has 0 bridgehead atoms. The molecule has 0 radical (unpaired) electrons. The number of aromatic nitrogens is 2. The first-order valence-corrected chi connectivity index (χ1v) is 5.92. The summed E-state index contributed by atoms with van der Waals surface area (Å²) in [5, 5.41) is 3.89. The number of hydrogen-bond acceptors (Lipinski definition) is 1. The summed E-state index contributed by atoms with van der Waals surface area (Å²) < 4.78 is 26.8. The van der Waals surface area contributed by atoms with Crippen LogP contribution in [0.3, 0.4) is 0 Å². The number of fused-ring (bicyclic) bond motifs is 1. The molecule has 1 atom stereocenters. The molecule has 1 aliphatic carbocycles. The molecule has 0 spiro atoms. The maximum Gasteiger partial charge on any atom is 0.282 e. The number of nitrogens with zero attached hydrogens (tertiary/aromatic N) is 2. The Kier molecular flexibility index (Phi) is 4.44. The quantitative estimate of drug-likeness (QED) is 0.722. The predicted molar refractivity (Wildman–Crippen MR) is 60.7 cm³/mol. The Morgan fingerprint density at radius 1 is 1.38 bits per heavy atom. The lowest BCUT2D eigenvalue weighted by Crippen LogP contribution is -2.13. The number of alkyl halides is 2. The van der Waals surface area contributed by atoms with E-state index in [9.17, 15) is 8.78 Å². The first kappa shape index (κ1) is 13.1. The minimum Gasteiger partial charge on any atom is -0.272 e. The van der Waals surface area contributed by atoms with E-state index in [1.165, 1.54) is 0 Å². The normalized spacial score (nSPS) is 19.1. The summed E-state index contributed by atoms with van der Waals surface area (Å²) in [6.07, 6.45) is 0.201. The molecule has 1 unspecified atom stereocenters. The highest BCUT2D eigenvalue weighted by atomic mass is 19.3. The Bertz CT molecular complexity index is 345. The Balaban J connectivity index is 0.000000606. The average molecular weight is 230 g/mol. The van der Waals surface area contributed by atoms with Crippen molar-refractivity contribution in [2.75, 3.05) is 0 Å². The van der Waals surface area contributed by atoms with Gasteiger partial charge in [0, 0.05) is 18.3 Å². The Morgan fingerprint density at radius 3 is 2.56 bits per heavy atom. The molecule has 0 amide bonds. The van der Waals surface area contributed by atoms with E-state index in [1.807, 2.05) is 13.8 Å². The molecule has 0 saturated carbocycles. The van der Waals surface area contributed by atoms with Gasteiger partial charge in [-0.1, -0.05) is 20.8 Å². The Hall–Kier alpha value is -0.930. The summed E-state index contributed by atoms with van der Waals surface area (Å²) in [4.78, 5) is 0. The number of rotatable bonds is 1. The van der Waals surface area contributed by atoms with Crippen LogP contribution in [-0.2, 0) is 19.9 Å². The van der Waals surface area contributed by atoms with Crippen molar-refractivity contribution >= 4 is 0 Å². The zero-order valence-corrected chi connectivity index (χ0v) is 10.4. The van der Waals surface area contributed by atoms with Crippen LogP contribution >= 0.6 is 0 Å².